The van der Waals surface area contributed by atoms with Crippen molar-refractivity contribution < 1.29 is 0 Å². The number of hydrogen-bond donors (Lipinski definition) is 1. The van der Waals surface area contributed by atoms with Crippen LogP contribution in [0.4, 0.5) is 11.4 Å². The second-order valence-electron chi connectivity index (χ2n) is 4.38. The first-order valence-electron chi connectivity index (χ1n) is 5.86. The number of anilines is 2. The van der Waals surface area contributed by atoms with E-state index in [1.807, 2.05) is 12.1 Å². The predicted octanol–water partition coefficient (Wildman–Crippen LogP) is 2.23. The van der Waals surface area contributed by atoms with Gasteiger partial charge in [-0.15, -0.1) is 0 Å². The molecule has 0 amide bonds. The molecule has 2 heterocycles. The summed E-state index contributed by atoms with van der Waals surface area (Å²) in [5.41, 5.74) is 10.3. The molecule has 3 heteroatoms. The molecule has 0 spiro atoms. The summed E-state index contributed by atoms with van der Waals surface area (Å²) >= 11 is 0. The summed E-state index contributed by atoms with van der Waals surface area (Å²) in [4.78, 5) is 6.71. The third-order valence-electron chi connectivity index (χ3n) is 3.18. The number of nitrogen functional groups attached to an aromatic ring is 1. The van der Waals surface area contributed by atoms with Crippen LogP contribution in [0.25, 0.3) is 0 Å². The van der Waals surface area contributed by atoms with E-state index < -0.39 is 0 Å². The van der Waals surface area contributed by atoms with Gasteiger partial charge in [0.25, 0.3) is 0 Å². The molecule has 3 nitrogen and oxygen atoms in total. The van der Waals surface area contributed by atoms with Gasteiger partial charge in [0, 0.05) is 24.1 Å². The molecule has 1 aliphatic heterocycles. The molecular weight excluding hydrogens is 210 g/mol. The molecular formula is C14H15N3. The summed E-state index contributed by atoms with van der Waals surface area (Å²) < 4.78 is 0. The third kappa shape index (κ3) is 1.96. The average molecular weight is 225 g/mol. The van der Waals surface area contributed by atoms with Gasteiger partial charge in [-0.1, -0.05) is 18.2 Å². The quantitative estimate of drug-likeness (QED) is 0.852. The first-order valence-corrected chi connectivity index (χ1v) is 5.86. The summed E-state index contributed by atoms with van der Waals surface area (Å²) in [6.07, 6.45) is 2.89. The number of pyridine rings is 1. The van der Waals surface area contributed by atoms with E-state index in [1.165, 1.54) is 11.3 Å². The number of hydrogen-bond acceptors (Lipinski definition) is 3. The van der Waals surface area contributed by atoms with Gasteiger partial charge in [0.1, 0.15) is 0 Å². The molecule has 0 atom stereocenters. The Labute approximate surface area is 101 Å². The van der Waals surface area contributed by atoms with Crippen molar-refractivity contribution in [2.24, 2.45) is 0 Å². The van der Waals surface area contributed by atoms with E-state index in [0.29, 0.717) is 0 Å². The van der Waals surface area contributed by atoms with Gasteiger partial charge in [-0.25, -0.2) is 0 Å². The van der Waals surface area contributed by atoms with E-state index in [2.05, 4.69) is 34.1 Å². The lowest BCUT2D eigenvalue weighted by atomic mass is 10.2. The molecule has 1 aromatic heterocycles. The molecule has 17 heavy (non-hydrogen) atoms. The standard InChI is InChI=1S/C14H15N3/c15-12-5-7-16-13(9-12)10-17-8-6-11-3-1-2-4-14(11)17/h1-5,7,9H,6,8,10H2,(H2,15,16). The van der Waals surface area contributed by atoms with Crippen molar-refractivity contribution >= 4 is 11.4 Å². The van der Waals surface area contributed by atoms with Crippen LogP contribution in [0.2, 0.25) is 0 Å². The van der Waals surface area contributed by atoms with Crippen molar-refractivity contribution in [1.82, 2.24) is 4.98 Å². The van der Waals surface area contributed by atoms with Gasteiger partial charge in [-0.3, -0.25) is 4.98 Å². The third-order valence-corrected chi connectivity index (χ3v) is 3.18. The Bertz CT molecular complexity index is 536. The first-order chi connectivity index (χ1) is 8.33. The van der Waals surface area contributed by atoms with Gasteiger partial charge in [0.05, 0.1) is 12.2 Å². The van der Waals surface area contributed by atoms with Crippen LogP contribution in [0.15, 0.2) is 42.6 Å². The van der Waals surface area contributed by atoms with Crippen molar-refractivity contribution in [3.8, 4) is 0 Å². The largest absolute Gasteiger partial charge is 0.399 e. The van der Waals surface area contributed by atoms with Crippen LogP contribution < -0.4 is 10.6 Å². The van der Waals surface area contributed by atoms with E-state index in [4.69, 9.17) is 5.73 Å². The maximum absolute atomic E-state index is 5.77. The minimum atomic E-state index is 0.780. The zero-order valence-corrected chi connectivity index (χ0v) is 9.63. The summed E-state index contributed by atoms with van der Waals surface area (Å²) in [6.45, 7) is 1.90. The molecule has 0 fully saturated rings. The van der Waals surface area contributed by atoms with Crippen LogP contribution >= 0.6 is 0 Å². The van der Waals surface area contributed by atoms with Crippen molar-refractivity contribution in [2.45, 2.75) is 13.0 Å². The highest BCUT2D eigenvalue weighted by Gasteiger charge is 2.18. The Balaban J connectivity index is 1.84. The molecule has 0 saturated heterocycles. The second kappa shape index (κ2) is 4.09. The van der Waals surface area contributed by atoms with Gasteiger partial charge >= 0.3 is 0 Å². The lowest BCUT2D eigenvalue weighted by Crippen LogP contribution is -2.20. The first kappa shape index (κ1) is 10.1. The Morgan fingerprint density at radius 3 is 3.00 bits per heavy atom. The van der Waals surface area contributed by atoms with Gasteiger partial charge in [0.15, 0.2) is 0 Å². The predicted molar refractivity (Wildman–Crippen MR) is 69.8 cm³/mol. The number of para-hydroxylation sites is 1. The fraction of sp³-hybridized carbons (Fsp3) is 0.214. The average Bonchev–Trinajstić information content (AvgIpc) is 2.73. The van der Waals surface area contributed by atoms with Gasteiger partial charge in [-0.05, 0) is 30.2 Å². The molecule has 86 valence electrons. The minimum absolute atomic E-state index is 0.780. The highest BCUT2D eigenvalue weighted by molar-refractivity contribution is 5.58. The molecule has 1 aliphatic rings. The summed E-state index contributed by atoms with van der Waals surface area (Å²) in [6, 6.07) is 12.3. The van der Waals surface area contributed by atoms with Crippen LogP contribution in [0.5, 0.6) is 0 Å². The molecule has 2 N–H and O–H groups in total. The zero-order chi connectivity index (χ0) is 11.7. The highest BCUT2D eigenvalue weighted by atomic mass is 15.2. The molecule has 0 bridgehead atoms. The number of aromatic nitrogens is 1. The number of rotatable bonds is 2. The van der Waals surface area contributed by atoms with Gasteiger partial charge in [-0.2, -0.15) is 0 Å². The van der Waals surface area contributed by atoms with Crippen LogP contribution in [-0.2, 0) is 13.0 Å². The molecule has 3 rings (SSSR count). The molecule has 0 aliphatic carbocycles. The van der Waals surface area contributed by atoms with E-state index in [0.717, 1.165) is 30.9 Å². The van der Waals surface area contributed by atoms with Crippen molar-refractivity contribution in [2.75, 3.05) is 17.2 Å². The van der Waals surface area contributed by atoms with Gasteiger partial charge < -0.3 is 10.6 Å². The van der Waals surface area contributed by atoms with Crippen molar-refractivity contribution in [3.05, 3.63) is 53.9 Å². The maximum atomic E-state index is 5.77. The molecule has 0 saturated carbocycles. The fourth-order valence-corrected chi connectivity index (χ4v) is 2.35. The molecule has 0 radical (unpaired) electrons. The number of nitrogens with zero attached hydrogens (tertiary/aromatic N) is 2. The monoisotopic (exact) mass is 225 g/mol. The van der Waals surface area contributed by atoms with E-state index in [-0.39, 0.29) is 0 Å². The van der Waals surface area contributed by atoms with E-state index in [9.17, 15) is 0 Å². The fourth-order valence-electron chi connectivity index (χ4n) is 2.35. The summed E-state index contributed by atoms with van der Waals surface area (Å²) in [5.74, 6) is 0. The Morgan fingerprint density at radius 1 is 1.24 bits per heavy atom. The molecule has 0 unspecified atom stereocenters. The number of fused-ring (bicyclic) bond motifs is 1. The van der Waals surface area contributed by atoms with E-state index in [1.54, 1.807) is 6.20 Å². The smallest absolute Gasteiger partial charge is 0.0617 e. The molecule has 1 aromatic carbocycles. The van der Waals surface area contributed by atoms with E-state index >= 15 is 0 Å². The minimum Gasteiger partial charge on any atom is -0.399 e. The normalized spacial score (nSPS) is 13.8. The lowest BCUT2D eigenvalue weighted by molar-refractivity contribution is 0.815. The van der Waals surface area contributed by atoms with Crippen LogP contribution in [-0.4, -0.2) is 11.5 Å². The van der Waals surface area contributed by atoms with Gasteiger partial charge in [0.2, 0.25) is 0 Å². The highest BCUT2D eigenvalue weighted by Crippen LogP contribution is 2.28. The topological polar surface area (TPSA) is 42.1 Å². The summed E-state index contributed by atoms with van der Waals surface area (Å²) in [7, 11) is 0. The Kier molecular flexibility index (Phi) is 2.44. The summed E-state index contributed by atoms with van der Waals surface area (Å²) in [5, 5.41) is 0. The van der Waals surface area contributed by atoms with Crippen LogP contribution in [0, 0.1) is 0 Å². The van der Waals surface area contributed by atoms with Crippen molar-refractivity contribution in [3.63, 3.8) is 0 Å². The molecule has 2 aromatic rings. The van der Waals surface area contributed by atoms with Crippen LogP contribution in [0.1, 0.15) is 11.3 Å². The Hall–Kier alpha value is -2.03. The SMILES string of the molecule is Nc1ccnc(CN2CCc3ccccc32)c1. The zero-order valence-electron chi connectivity index (χ0n) is 9.63. The van der Waals surface area contributed by atoms with Crippen LogP contribution in [0.3, 0.4) is 0 Å². The number of benzene rings is 1. The van der Waals surface area contributed by atoms with Crippen molar-refractivity contribution in [1.29, 1.82) is 0 Å². The number of nitrogens with two attached hydrogens (primary N) is 1. The Morgan fingerprint density at radius 2 is 2.12 bits per heavy atom. The maximum Gasteiger partial charge on any atom is 0.0617 e. The lowest BCUT2D eigenvalue weighted by Gasteiger charge is -2.18. The second-order valence-corrected chi connectivity index (χ2v) is 4.38.